The van der Waals surface area contributed by atoms with Gasteiger partial charge in [-0.15, -0.1) is 11.3 Å². The number of nitrogens with zero attached hydrogens (tertiary/aromatic N) is 3. The second-order valence-corrected chi connectivity index (χ2v) is 10.5. The number of pyridine rings is 1. The summed E-state index contributed by atoms with van der Waals surface area (Å²) in [7, 11) is -8.45. The third-order valence-corrected chi connectivity index (χ3v) is 7.46. The number of aromatic nitrogens is 2. The van der Waals surface area contributed by atoms with Crippen molar-refractivity contribution in [2.24, 2.45) is 0 Å². The van der Waals surface area contributed by atoms with E-state index in [1.165, 1.54) is 30.6 Å². The molecule has 0 radical (unpaired) electrons. The molecule has 1 amide bonds. The molecule has 0 bridgehead atoms. The molecule has 0 spiro atoms. The van der Waals surface area contributed by atoms with Gasteiger partial charge in [-0.25, -0.2) is 9.04 Å². The maximum Gasteiger partial charge on any atom is 0.285 e. The van der Waals surface area contributed by atoms with Gasteiger partial charge >= 0.3 is 0 Å². The van der Waals surface area contributed by atoms with Gasteiger partial charge in [0.2, 0.25) is 0 Å². The molecule has 30 heavy (non-hydrogen) atoms. The molecule has 0 saturated carbocycles. The Kier molecular flexibility index (Phi) is 6.19. The van der Waals surface area contributed by atoms with E-state index in [0.717, 1.165) is 21.4 Å². The predicted molar refractivity (Wildman–Crippen MR) is 109 cm³/mol. The average molecular weight is 470 g/mol. The number of amides is 1. The van der Waals surface area contributed by atoms with E-state index in [4.69, 9.17) is 4.55 Å². The molecule has 3 heterocycles. The lowest BCUT2D eigenvalue weighted by Crippen LogP contribution is -2.31. The van der Waals surface area contributed by atoms with Crippen LogP contribution >= 0.6 is 11.3 Å². The molecular weight excluding hydrogens is 454 g/mol. The van der Waals surface area contributed by atoms with Gasteiger partial charge in [0.1, 0.15) is 4.21 Å². The van der Waals surface area contributed by atoms with Gasteiger partial charge in [0.15, 0.2) is 5.88 Å². The molecule has 0 atom stereocenters. The van der Waals surface area contributed by atoms with Gasteiger partial charge in [-0.05, 0) is 42.0 Å². The SMILES string of the molecule is O=C(C=Cc1ccn(S(=O)(=O)c2ccc(-c3ccccn3)s2)c1)N(O)CS(=O)(=O)O. The minimum absolute atomic E-state index is 0.0973. The van der Waals surface area contributed by atoms with Crippen molar-refractivity contribution in [2.75, 3.05) is 5.88 Å². The van der Waals surface area contributed by atoms with Crippen molar-refractivity contribution in [2.45, 2.75) is 4.21 Å². The molecule has 13 heteroatoms. The van der Waals surface area contributed by atoms with Crippen LogP contribution in [0.5, 0.6) is 0 Å². The van der Waals surface area contributed by atoms with Gasteiger partial charge in [-0.1, -0.05) is 6.07 Å². The highest BCUT2D eigenvalue weighted by atomic mass is 32.2. The van der Waals surface area contributed by atoms with Crippen LogP contribution in [0.3, 0.4) is 0 Å². The molecule has 0 fully saturated rings. The molecule has 0 aliphatic rings. The minimum Gasteiger partial charge on any atom is -0.285 e. The van der Waals surface area contributed by atoms with E-state index in [2.05, 4.69) is 4.98 Å². The van der Waals surface area contributed by atoms with Gasteiger partial charge < -0.3 is 0 Å². The summed E-state index contributed by atoms with van der Waals surface area (Å²) in [6.45, 7) is 0. The molecule has 0 unspecified atom stereocenters. The molecule has 0 aliphatic carbocycles. The first-order chi connectivity index (χ1) is 14.1. The topological polar surface area (TPSA) is 147 Å². The van der Waals surface area contributed by atoms with Crippen molar-refractivity contribution < 1.29 is 31.4 Å². The molecule has 0 aliphatic heterocycles. The van der Waals surface area contributed by atoms with Crippen molar-refractivity contribution in [3.8, 4) is 10.6 Å². The number of hydrogen-bond donors (Lipinski definition) is 2. The average Bonchev–Trinajstić information content (AvgIpc) is 3.36. The van der Waals surface area contributed by atoms with Crippen LogP contribution in [-0.4, -0.2) is 52.4 Å². The number of carbonyl (C=O) groups is 1. The second-order valence-electron chi connectivity index (χ2n) is 5.90. The molecular formula is C17H15N3O7S3. The molecule has 3 aromatic heterocycles. The van der Waals surface area contributed by atoms with E-state index in [0.29, 0.717) is 16.1 Å². The van der Waals surface area contributed by atoms with Crippen molar-refractivity contribution in [3.05, 3.63) is 66.6 Å². The quantitative estimate of drug-likeness (QED) is 0.231. The van der Waals surface area contributed by atoms with Gasteiger partial charge in [0, 0.05) is 24.7 Å². The van der Waals surface area contributed by atoms with Crippen LogP contribution in [0.25, 0.3) is 16.6 Å². The lowest BCUT2D eigenvalue weighted by Gasteiger charge is -2.09. The summed E-state index contributed by atoms with van der Waals surface area (Å²) >= 11 is 1.06. The first kappa shape index (κ1) is 21.9. The van der Waals surface area contributed by atoms with E-state index in [1.807, 2.05) is 0 Å². The first-order valence-corrected chi connectivity index (χ1v) is 12.0. The molecule has 0 saturated heterocycles. The normalized spacial score (nSPS) is 12.3. The highest BCUT2D eigenvalue weighted by molar-refractivity contribution is 7.92. The number of hydroxylamine groups is 2. The van der Waals surface area contributed by atoms with Crippen LogP contribution in [0.4, 0.5) is 0 Å². The maximum atomic E-state index is 12.8. The van der Waals surface area contributed by atoms with Crippen LogP contribution in [0.2, 0.25) is 0 Å². The lowest BCUT2D eigenvalue weighted by molar-refractivity contribution is -0.155. The Morgan fingerprint density at radius 2 is 1.93 bits per heavy atom. The number of hydrogen-bond acceptors (Lipinski definition) is 8. The van der Waals surface area contributed by atoms with Gasteiger partial charge in [-0.3, -0.25) is 19.5 Å². The maximum absolute atomic E-state index is 12.8. The van der Waals surface area contributed by atoms with Crippen LogP contribution in [-0.2, 0) is 24.9 Å². The molecule has 3 aromatic rings. The summed E-state index contributed by atoms with van der Waals surface area (Å²) in [5.74, 6) is -2.40. The molecule has 10 nitrogen and oxygen atoms in total. The Labute approximate surface area is 176 Å². The number of thiophene rings is 1. The molecule has 3 rings (SSSR count). The fraction of sp³-hybridized carbons (Fsp3) is 0.0588. The third-order valence-electron chi connectivity index (χ3n) is 3.68. The standard InChI is InChI=1S/C17H15N3O7S3/c21-16(20(22)12-29(23,24)25)6-4-13-8-10-19(11-13)30(26,27)17-7-5-15(28-17)14-3-1-2-9-18-14/h1-11,22H,12H2,(H,23,24,25). The van der Waals surface area contributed by atoms with Crippen molar-refractivity contribution in [3.63, 3.8) is 0 Å². The Bertz CT molecular complexity index is 1290. The summed E-state index contributed by atoms with van der Waals surface area (Å²) in [5.41, 5.74) is 0.964. The van der Waals surface area contributed by atoms with Crippen molar-refractivity contribution in [1.29, 1.82) is 0 Å². The second kappa shape index (κ2) is 8.49. The summed E-state index contributed by atoms with van der Waals surface area (Å²) in [6, 6.07) is 9.87. The van der Waals surface area contributed by atoms with Crippen LogP contribution in [0.15, 0.2) is 65.3 Å². The Morgan fingerprint density at radius 1 is 1.17 bits per heavy atom. The van der Waals surface area contributed by atoms with Gasteiger partial charge in [-0.2, -0.15) is 16.8 Å². The number of carbonyl (C=O) groups excluding carboxylic acids is 1. The van der Waals surface area contributed by atoms with Crippen LogP contribution < -0.4 is 0 Å². The van der Waals surface area contributed by atoms with E-state index in [9.17, 15) is 26.8 Å². The fourth-order valence-electron chi connectivity index (χ4n) is 2.32. The zero-order valence-electron chi connectivity index (χ0n) is 15.1. The van der Waals surface area contributed by atoms with E-state index < -0.39 is 31.9 Å². The largest absolute Gasteiger partial charge is 0.285 e. The summed E-state index contributed by atoms with van der Waals surface area (Å²) in [4.78, 5) is 16.5. The van der Waals surface area contributed by atoms with Crippen molar-refractivity contribution in [1.82, 2.24) is 14.0 Å². The first-order valence-electron chi connectivity index (χ1n) is 8.15. The monoisotopic (exact) mass is 469 g/mol. The summed E-state index contributed by atoms with van der Waals surface area (Å²) in [6.07, 6.45) is 6.17. The van der Waals surface area contributed by atoms with Crippen LogP contribution in [0.1, 0.15) is 5.56 Å². The Balaban J connectivity index is 1.77. The zero-order valence-corrected chi connectivity index (χ0v) is 17.5. The third kappa shape index (κ3) is 5.20. The lowest BCUT2D eigenvalue weighted by atomic mass is 10.3. The Hall–Kier alpha value is -2.84. The summed E-state index contributed by atoms with van der Waals surface area (Å²) in [5, 5.41) is 9.11. The Morgan fingerprint density at radius 3 is 2.60 bits per heavy atom. The molecule has 0 aromatic carbocycles. The van der Waals surface area contributed by atoms with Crippen LogP contribution in [0, 0.1) is 0 Å². The summed E-state index contributed by atoms with van der Waals surface area (Å²) < 4.78 is 56.6. The van der Waals surface area contributed by atoms with E-state index in [1.54, 1.807) is 30.5 Å². The van der Waals surface area contributed by atoms with E-state index >= 15 is 0 Å². The van der Waals surface area contributed by atoms with Gasteiger partial charge in [0.05, 0.1) is 10.6 Å². The highest BCUT2D eigenvalue weighted by Gasteiger charge is 2.20. The smallest absolute Gasteiger partial charge is 0.285 e. The zero-order chi connectivity index (χ0) is 21.9. The van der Waals surface area contributed by atoms with Crippen molar-refractivity contribution >= 4 is 43.5 Å². The fourth-order valence-corrected chi connectivity index (χ4v) is 5.35. The minimum atomic E-state index is -4.58. The predicted octanol–water partition coefficient (Wildman–Crippen LogP) is 1.92. The molecule has 158 valence electrons. The number of rotatable bonds is 7. The van der Waals surface area contributed by atoms with Gasteiger partial charge in [0.25, 0.3) is 26.0 Å². The highest BCUT2D eigenvalue weighted by Crippen LogP contribution is 2.30. The van der Waals surface area contributed by atoms with E-state index in [-0.39, 0.29) is 9.27 Å². The molecule has 2 N–H and O–H groups in total.